The number of aryl methyl sites for hydroxylation is 2. The normalized spacial score (nSPS) is 9.75. The lowest BCUT2D eigenvalue weighted by atomic mass is 10.1. The van der Waals surface area contributed by atoms with Crippen LogP contribution in [-0.2, 0) is 22.4 Å². The van der Waals surface area contributed by atoms with E-state index in [-0.39, 0.29) is 23.1 Å². The number of carbonyl (C=O) groups excluding carboxylic acids is 2. The van der Waals surface area contributed by atoms with Gasteiger partial charge in [0.05, 0.1) is 0 Å². The van der Waals surface area contributed by atoms with Crippen molar-refractivity contribution < 1.29 is 19.8 Å². The number of Topliss-reactive ketones (excluding diaryl/α,β-unsaturated/α-hetero) is 2. The zero-order chi connectivity index (χ0) is 17.9. The highest BCUT2D eigenvalue weighted by atomic mass is 16.3. The Morgan fingerprint density at radius 2 is 0.958 bits per heavy atom. The van der Waals surface area contributed by atoms with Crippen molar-refractivity contribution in [1.82, 2.24) is 0 Å². The maximum atomic E-state index is 10.6. The van der Waals surface area contributed by atoms with E-state index in [9.17, 15) is 9.59 Å². The van der Waals surface area contributed by atoms with E-state index in [0.717, 1.165) is 24.0 Å². The van der Waals surface area contributed by atoms with Crippen LogP contribution in [0.2, 0.25) is 0 Å². The number of ketones is 2. The van der Waals surface area contributed by atoms with E-state index in [1.54, 1.807) is 38.1 Å². The van der Waals surface area contributed by atoms with Crippen LogP contribution in [0.5, 0.6) is 11.5 Å². The van der Waals surface area contributed by atoms with Crippen LogP contribution in [0.15, 0.2) is 48.5 Å². The Balaban J connectivity index is 0.000000240. The van der Waals surface area contributed by atoms with Crippen molar-refractivity contribution in [2.75, 3.05) is 0 Å². The van der Waals surface area contributed by atoms with Crippen LogP contribution in [0, 0.1) is 0 Å². The van der Waals surface area contributed by atoms with Crippen LogP contribution in [0.3, 0.4) is 0 Å². The summed E-state index contributed by atoms with van der Waals surface area (Å²) in [6, 6.07) is 13.9. The van der Waals surface area contributed by atoms with Crippen LogP contribution in [0.25, 0.3) is 0 Å². The minimum Gasteiger partial charge on any atom is -0.508 e. The largest absolute Gasteiger partial charge is 0.508 e. The molecule has 0 saturated heterocycles. The molecule has 0 radical (unpaired) electrons. The maximum Gasteiger partial charge on any atom is 0.130 e. The molecule has 0 saturated carbocycles. The Kier molecular flexibility index (Phi) is 8.26. The first-order valence-electron chi connectivity index (χ1n) is 7.91. The van der Waals surface area contributed by atoms with Gasteiger partial charge in [0.2, 0.25) is 0 Å². The average molecular weight is 328 g/mol. The third-order valence-corrected chi connectivity index (χ3v) is 3.40. The third kappa shape index (κ3) is 8.73. The molecule has 4 heteroatoms. The van der Waals surface area contributed by atoms with Crippen LogP contribution in [0.1, 0.15) is 37.8 Å². The minimum atomic E-state index is 0.197. The zero-order valence-electron chi connectivity index (χ0n) is 14.2. The predicted octanol–water partition coefficient (Wildman–Crippen LogP) is 3.83. The fourth-order valence-corrected chi connectivity index (χ4v) is 1.97. The van der Waals surface area contributed by atoms with Crippen LogP contribution < -0.4 is 0 Å². The molecule has 0 aliphatic heterocycles. The molecule has 0 atom stereocenters. The molecule has 2 N–H and O–H groups in total. The smallest absolute Gasteiger partial charge is 0.130 e. The van der Waals surface area contributed by atoms with E-state index >= 15 is 0 Å². The number of carbonyl (C=O) groups is 2. The number of hydrogen-bond acceptors (Lipinski definition) is 4. The first-order valence-corrected chi connectivity index (χ1v) is 7.91. The van der Waals surface area contributed by atoms with Gasteiger partial charge in [-0.2, -0.15) is 0 Å². The Morgan fingerprint density at radius 1 is 0.667 bits per heavy atom. The van der Waals surface area contributed by atoms with Gasteiger partial charge in [0.15, 0.2) is 0 Å². The van der Waals surface area contributed by atoms with Gasteiger partial charge in [0, 0.05) is 12.8 Å². The van der Waals surface area contributed by atoms with Crippen molar-refractivity contribution in [2.24, 2.45) is 0 Å². The van der Waals surface area contributed by atoms with Crippen molar-refractivity contribution in [3.05, 3.63) is 59.7 Å². The van der Waals surface area contributed by atoms with Crippen LogP contribution in [-0.4, -0.2) is 21.8 Å². The van der Waals surface area contributed by atoms with Crippen molar-refractivity contribution in [1.29, 1.82) is 0 Å². The van der Waals surface area contributed by atoms with Gasteiger partial charge in [0.1, 0.15) is 23.1 Å². The number of benzene rings is 2. The molecule has 0 aliphatic carbocycles. The molecule has 0 heterocycles. The Morgan fingerprint density at radius 3 is 1.21 bits per heavy atom. The molecular formula is C20H24O4. The summed E-state index contributed by atoms with van der Waals surface area (Å²) in [6.45, 7) is 3.17. The van der Waals surface area contributed by atoms with Gasteiger partial charge in [-0.1, -0.05) is 24.3 Å². The first-order chi connectivity index (χ1) is 11.4. The van der Waals surface area contributed by atoms with E-state index < -0.39 is 0 Å². The van der Waals surface area contributed by atoms with Crippen LogP contribution in [0.4, 0.5) is 0 Å². The van der Waals surface area contributed by atoms with Gasteiger partial charge < -0.3 is 19.8 Å². The lowest BCUT2D eigenvalue weighted by Crippen LogP contribution is -1.93. The maximum absolute atomic E-state index is 10.6. The Hall–Kier alpha value is -2.62. The summed E-state index contributed by atoms with van der Waals surface area (Å²) in [4.78, 5) is 21.3. The van der Waals surface area contributed by atoms with Gasteiger partial charge in [-0.25, -0.2) is 0 Å². The molecule has 4 nitrogen and oxygen atoms in total. The first kappa shape index (κ1) is 19.4. The number of phenols is 2. The molecule has 24 heavy (non-hydrogen) atoms. The summed E-state index contributed by atoms with van der Waals surface area (Å²) < 4.78 is 0. The number of aromatic hydroxyl groups is 2. The lowest BCUT2D eigenvalue weighted by molar-refractivity contribution is -0.117. The second-order valence-electron chi connectivity index (χ2n) is 5.74. The highest BCUT2D eigenvalue weighted by Gasteiger charge is 1.97. The SMILES string of the molecule is CC(=O)CCc1ccc(O)cc1.CC(=O)CCc1ccc(O)cc1. The molecule has 0 amide bonds. The molecule has 0 unspecified atom stereocenters. The summed E-state index contributed by atoms with van der Waals surface area (Å²) in [6.07, 6.45) is 2.67. The Labute approximate surface area is 142 Å². The third-order valence-electron chi connectivity index (χ3n) is 3.40. The standard InChI is InChI=1S/2C10H12O2/c2*1-8(11)2-3-9-4-6-10(12)7-5-9/h2*4-7,12H,2-3H2,1H3. The summed E-state index contributed by atoms with van der Waals surface area (Å²) >= 11 is 0. The quantitative estimate of drug-likeness (QED) is 0.845. The fraction of sp³-hybridized carbons (Fsp3) is 0.300. The molecule has 2 aromatic rings. The molecule has 128 valence electrons. The van der Waals surface area contributed by atoms with Crippen molar-refractivity contribution in [2.45, 2.75) is 39.5 Å². The van der Waals surface area contributed by atoms with Gasteiger partial charge in [-0.15, -0.1) is 0 Å². The molecule has 0 aromatic heterocycles. The molecule has 0 aliphatic rings. The predicted molar refractivity (Wildman–Crippen MR) is 94.2 cm³/mol. The van der Waals surface area contributed by atoms with E-state index in [0.29, 0.717) is 12.8 Å². The van der Waals surface area contributed by atoms with Crippen molar-refractivity contribution in [3.8, 4) is 11.5 Å². The summed E-state index contributed by atoms with van der Waals surface area (Å²) in [5, 5.41) is 17.9. The highest BCUT2D eigenvalue weighted by Crippen LogP contribution is 2.11. The number of phenolic OH excluding ortho intramolecular Hbond substituents is 2. The zero-order valence-corrected chi connectivity index (χ0v) is 14.2. The van der Waals surface area contributed by atoms with Gasteiger partial charge in [0.25, 0.3) is 0 Å². The monoisotopic (exact) mass is 328 g/mol. The summed E-state index contributed by atoms with van der Waals surface area (Å²) in [5.74, 6) is 0.925. The number of hydrogen-bond donors (Lipinski definition) is 2. The van der Waals surface area contributed by atoms with E-state index in [1.165, 1.54) is 0 Å². The molecule has 2 rings (SSSR count). The molecule has 0 fully saturated rings. The Bertz CT molecular complexity index is 583. The number of rotatable bonds is 6. The van der Waals surface area contributed by atoms with Crippen molar-refractivity contribution in [3.63, 3.8) is 0 Å². The molecule has 2 aromatic carbocycles. The van der Waals surface area contributed by atoms with E-state index in [2.05, 4.69) is 0 Å². The minimum absolute atomic E-state index is 0.197. The van der Waals surface area contributed by atoms with Gasteiger partial charge in [-0.3, -0.25) is 0 Å². The second kappa shape index (κ2) is 10.2. The lowest BCUT2D eigenvalue weighted by Gasteiger charge is -1.98. The average Bonchev–Trinajstić information content (AvgIpc) is 2.54. The molecule has 0 spiro atoms. The fourth-order valence-electron chi connectivity index (χ4n) is 1.97. The topological polar surface area (TPSA) is 74.6 Å². The van der Waals surface area contributed by atoms with Crippen molar-refractivity contribution >= 4 is 11.6 Å². The summed E-state index contributed by atoms with van der Waals surface area (Å²) in [7, 11) is 0. The van der Waals surface area contributed by atoms with Gasteiger partial charge >= 0.3 is 0 Å². The highest BCUT2D eigenvalue weighted by molar-refractivity contribution is 5.76. The second-order valence-corrected chi connectivity index (χ2v) is 5.74. The summed E-state index contributed by atoms with van der Waals surface area (Å²) in [5.41, 5.74) is 2.17. The van der Waals surface area contributed by atoms with Gasteiger partial charge in [-0.05, 0) is 62.1 Å². The van der Waals surface area contributed by atoms with E-state index in [4.69, 9.17) is 10.2 Å². The molecular weight excluding hydrogens is 304 g/mol. The van der Waals surface area contributed by atoms with Crippen LogP contribution >= 0.6 is 0 Å². The molecule has 0 bridgehead atoms. The van der Waals surface area contributed by atoms with E-state index in [1.807, 2.05) is 24.3 Å².